The third kappa shape index (κ3) is 4.49. The first kappa shape index (κ1) is 30.2. The van der Waals surface area contributed by atoms with Crippen molar-refractivity contribution in [3.63, 3.8) is 0 Å². The first-order valence-electron chi connectivity index (χ1n) is 18.7. The highest BCUT2D eigenvalue weighted by atomic mass is 14.4. The van der Waals surface area contributed by atoms with Crippen LogP contribution in [0.15, 0.2) is 182 Å². The molecule has 0 bridgehead atoms. The summed E-state index contributed by atoms with van der Waals surface area (Å²) in [6.45, 7) is 4.78. The summed E-state index contributed by atoms with van der Waals surface area (Å²) in [5.74, 6) is 0. The van der Waals surface area contributed by atoms with E-state index in [0.29, 0.717) is 0 Å². The number of hydrogen-bond acceptors (Lipinski definition) is 0. The Hall–Kier alpha value is -6.50. The Labute approximate surface area is 309 Å². The fraction of sp³-hybridized carbons (Fsp3) is 0.0566. The summed E-state index contributed by atoms with van der Waals surface area (Å²) in [6, 6.07) is 68.2. The number of fused-ring (bicyclic) bond motifs is 8. The summed E-state index contributed by atoms with van der Waals surface area (Å²) in [5, 5.41) is 12.7. The van der Waals surface area contributed by atoms with Gasteiger partial charge in [-0.15, -0.1) is 0 Å². The Morgan fingerprint density at radius 3 is 1.55 bits per heavy atom. The maximum atomic E-state index is 2.55. The summed E-state index contributed by atoms with van der Waals surface area (Å²) < 4.78 is 0. The topological polar surface area (TPSA) is 0 Å². The molecule has 53 heavy (non-hydrogen) atoms. The molecular weight excluding hydrogens is 637 g/mol. The van der Waals surface area contributed by atoms with Gasteiger partial charge >= 0.3 is 0 Å². The molecule has 0 spiro atoms. The summed E-state index contributed by atoms with van der Waals surface area (Å²) in [5.41, 5.74) is 12.9. The van der Waals surface area contributed by atoms with Crippen LogP contribution in [0.25, 0.3) is 98.4 Å². The molecule has 0 atom stereocenters. The summed E-state index contributed by atoms with van der Waals surface area (Å²) >= 11 is 0. The van der Waals surface area contributed by atoms with Gasteiger partial charge in [0.05, 0.1) is 0 Å². The van der Waals surface area contributed by atoms with Crippen LogP contribution in [-0.2, 0) is 5.41 Å². The van der Waals surface area contributed by atoms with Gasteiger partial charge in [0.15, 0.2) is 0 Å². The molecule has 0 aliphatic heterocycles. The molecule has 0 aromatic heterocycles. The van der Waals surface area contributed by atoms with E-state index in [-0.39, 0.29) is 5.41 Å². The maximum Gasteiger partial charge on any atom is 0.0159 e. The summed E-state index contributed by atoms with van der Waals surface area (Å²) in [7, 11) is 0. The van der Waals surface area contributed by atoms with E-state index in [1.54, 1.807) is 0 Å². The van der Waals surface area contributed by atoms with Crippen LogP contribution in [0.5, 0.6) is 0 Å². The molecule has 0 heterocycles. The average molecular weight is 673 g/mol. The minimum absolute atomic E-state index is 0.121. The minimum Gasteiger partial charge on any atom is -0.0619 e. The normalized spacial score (nSPS) is 13.2. The third-order valence-corrected chi connectivity index (χ3v) is 12.0. The molecule has 0 radical (unpaired) electrons. The predicted octanol–water partition coefficient (Wildman–Crippen LogP) is 14.8. The number of hydrogen-bond donors (Lipinski definition) is 0. The van der Waals surface area contributed by atoms with Crippen molar-refractivity contribution in [1.29, 1.82) is 0 Å². The summed E-state index contributed by atoms with van der Waals surface area (Å²) in [4.78, 5) is 0. The van der Waals surface area contributed by atoms with E-state index in [2.05, 4.69) is 196 Å². The van der Waals surface area contributed by atoms with E-state index < -0.39 is 0 Å². The van der Waals surface area contributed by atoms with Crippen LogP contribution in [0.2, 0.25) is 0 Å². The lowest BCUT2D eigenvalue weighted by atomic mass is 9.79. The molecule has 0 unspecified atom stereocenters. The van der Waals surface area contributed by atoms with E-state index in [0.717, 1.165) is 0 Å². The Kier molecular flexibility index (Phi) is 6.40. The van der Waals surface area contributed by atoms with Crippen molar-refractivity contribution in [3.05, 3.63) is 193 Å². The van der Waals surface area contributed by atoms with Crippen LogP contribution in [0, 0.1) is 0 Å². The van der Waals surface area contributed by atoms with Crippen molar-refractivity contribution >= 4 is 53.9 Å². The Morgan fingerprint density at radius 1 is 0.283 bits per heavy atom. The van der Waals surface area contributed by atoms with Gasteiger partial charge in [-0.05, 0) is 140 Å². The van der Waals surface area contributed by atoms with Gasteiger partial charge in [-0.3, -0.25) is 0 Å². The van der Waals surface area contributed by atoms with Crippen molar-refractivity contribution in [2.45, 2.75) is 19.3 Å². The SMILES string of the molecule is CC1(C)c2ccccc2-c2cc3c(-c4ccc5ccccc5c4)c4ccc(-c5cccc6ccccc56)cc4c(-c4ccc5ccccc5c4)c3cc21. The van der Waals surface area contributed by atoms with Gasteiger partial charge in [0.25, 0.3) is 0 Å². The lowest BCUT2D eigenvalue weighted by Gasteiger charge is -2.24. The second-order valence-electron chi connectivity index (χ2n) is 15.3. The fourth-order valence-electron chi connectivity index (χ4n) is 9.38. The van der Waals surface area contributed by atoms with Crippen LogP contribution in [0.1, 0.15) is 25.0 Å². The molecule has 248 valence electrons. The van der Waals surface area contributed by atoms with Crippen molar-refractivity contribution in [3.8, 4) is 44.5 Å². The van der Waals surface area contributed by atoms with Crippen LogP contribution in [-0.4, -0.2) is 0 Å². The molecule has 0 saturated carbocycles. The first-order chi connectivity index (χ1) is 26.0. The van der Waals surface area contributed by atoms with Gasteiger partial charge in [0.2, 0.25) is 0 Å². The van der Waals surface area contributed by atoms with E-state index in [1.165, 1.54) is 109 Å². The van der Waals surface area contributed by atoms with Crippen molar-refractivity contribution < 1.29 is 0 Å². The van der Waals surface area contributed by atoms with Gasteiger partial charge in [0, 0.05) is 5.41 Å². The third-order valence-electron chi connectivity index (χ3n) is 12.0. The zero-order valence-electron chi connectivity index (χ0n) is 29.8. The van der Waals surface area contributed by atoms with Crippen molar-refractivity contribution in [2.75, 3.05) is 0 Å². The molecule has 0 heteroatoms. The van der Waals surface area contributed by atoms with Crippen LogP contribution < -0.4 is 0 Å². The molecule has 1 aliphatic carbocycles. The second kappa shape index (κ2) is 11.2. The van der Waals surface area contributed by atoms with Gasteiger partial charge in [0.1, 0.15) is 0 Å². The first-order valence-corrected chi connectivity index (χ1v) is 18.7. The second-order valence-corrected chi connectivity index (χ2v) is 15.3. The molecular formula is C53H36. The molecule has 0 nitrogen and oxygen atoms in total. The molecule has 11 rings (SSSR count). The smallest absolute Gasteiger partial charge is 0.0159 e. The quantitative estimate of drug-likeness (QED) is 0.164. The number of rotatable bonds is 3. The van der Waals surface area contributed by atoms with Gasteiger partial charge in [-0.1, -0.05) is 166 Å². The van der Waals surface area contributed by atoms with E-state index >= 15 is 0 Å². The Bertz CT molecular complexity index is 3130. The monoisotopic (exact) mass is 672 g/mol. The predicted molar refractivity (Wildman–Crippen MR) is 228 cm³/mol. The summed E-state index contributed by atoms with van der Waals surface area (Å²) in [6.07, 6.45) is 0. The van der Waals surface area contributed by atoms with Crippen LogP contribution in [0.4, 0.5) is 0 Å². The zero-order chi connectivity index (χ0) is 35.3. The highest BCUT2D eigenvalue weighted by Gasteiger charge is 2.36. The Morgan fingerprint density at radius 2 is 0.811 bits per heavy atom. The van der Waals surface area contributed by atoms with Crippen LogP contribution in [0.3, 0.4) is 0 Å². The molecule has 10 aromatic carbocycles. The standard InChI is InChI=1S/C53H36/c1-53(2)49-21-10-9-19-43(49)45-31-47-48(32-50(45)53)52(40-25-23-34-13-4-6-16-37(34)29-40)46-30-38(42-20-11-17-35-14-7-8-18-41(35)42)26-27-44(46)51(47)39-24-22-33-12-3-5-15-36(33)28-39/h3-32H,1-2H3. The highest BCUT2D eigenvalue weighted by Crippen LogP contribution is 2.53. The van der Waals surface area contributed by atoms with Crippen LogP contribution >= 0.6 is 0 Å². The maximum absolute atomic E-state index is 2.55. The molecule has 0 saturated heterocycles. The van der Waals surface area contributed by atoms with Gasteiger partial charge in [-0.2, -0.15) is 0 Å². The minimum atomic E-state index is -0.121. The Balaban J connectivity index is 1.33. The van der Waals surface area contributed by atoms with E-state index in [9.17, 15) is 0 Å². The zero-order valence-corrected chi connectivity index (χ0v) is 29.8. The molecule has 0 N–H and O–H groups in total. The van der Waals surface area contributed by atoms with Crippen molar-refractivity contribution in [1.82, 2.24) is 0 Å². The molecule has 10 aromatic rings. The molecule has 0 fully saturated rings. The lowest BCUT2D eigenvalue weighted by Crippen LogP contribution is -2.14. The number of benzene rings is 10. The van der Waals surface area contributed by atoms with E-state index in [4.69, 9.17) is 0 Å². The molecule has 1 aliphatic rings. The van der Waals surface area contributed by atoms with E-state index in [1.807, 2.05) is 0 Å². The van der Waals surface area contributed by atoms with Crippen molar-refractivity contribution in [2.24, 2.45) is 0 Å². The molecule has 0 amide bonds. The highest BCUT2D eigenvalue weighted by molar-refractivity contribution is 6.24. The lowest BCUT2D eigenvalue weighted by molar-refractivity contribution is 0.661. The average Bonchev–Trinajstić information content (AvgIpc) is 3.43. The fourth-order valence-corrected chi connectivity index (χ4v) is 9.38. The van der Waals surface area contributed by atoms with Gasteiger partial charge < -0.3 is 0 Å². The van der Waals surface area contributed by atoms with Gasteiger partial charge in [-0.25, -0.2) is 0 Å². The largest absolute Gasteiger partial charge is 0.0619 e.